The number of rotatable bonds is 8. The molecule has 0 unspecified atom stereocenters. The van der Waals surface area contributed by atoms with E-state index in [1.807, 2.05) is 31.2 Å². The zero-order valence-corrected chi connectivity index (χ0v) is 36.7. The van der Waals surface area contributed by atoms with Crippen LogP contribution in [0.5, 0.6) is 0 Å². The van der Waals surface area contributed by atoms with Crippen LogP contribution in [0.4, 0.5) is 0 Å². The Bertz CT molecular complexity index is 3850. The number of furan rings is 1. The highest BCUT2D eigenvalue weighted by atomic mass is 16.3. The lowest BCUT2D eigenvalue weighted by Crippen LogP contribution is -2.09. The van der Waals surface area contributed by atoms with Crippen molar-refractivity contribution in [2.75, 3.05) is 0 Å². The fourth-order valence-corrected chi connectivity index (χ4v) is 9.91. The van der Waals surface area contributed by atoms with Crippen LogP contribution in [0.3, 0.4) is 0 Å². The molecule has 5 nitrogen and oxygen atoms in total. The molecule has 0 N–H and O–H groups in total. The first-order chi connectivity index (χ1) is 32.5. The Morgan fingerprint density at radius 2 is 1.08 bits per heavy atom. The second-order valence-corrected chi connectivity index (χ2v) is 17.1. The molecule has 3 heterocycles. The van der Waals surface area contributed by atoms with Gasteiger partial charge in [-0.3, -0.25) is 4.99 Å². The summed E-state index contributed by atoms with van der Waals surface area (Å²) in [4.78, 5) is 11.0. The van der Waals surface area contributed by atoms with Gasteiger partial charge in [0.25, 0.3) is 0 Å². The highest BCUT2D eigenvalue weighted by molar-refractivity contribution is 6.26. The molecule has 314 valence electrons. The summed E-state index contributed by atoms with van der Waals surface area (Å²) in [5.74, 6) is 0.608. The quantitative estimate of drug-likeness (QED) is 0.111. The largest absolute Gasteiger partial charge is 0.453 e. The number of nitrogens with zero attached hydrogens (tertiary/aromatic N) is 4. The Morgan fingerprint density at radius 1 is 0.515 bits per heavy atom. The van der Waals surface area contributed by atoms with Gasteiger partial charge in [0.15, 0.2) is 11.4 Å². The van der Waals surface area contributed by atoms with Gasteiger partial charge < -0.3 is 13.6 Å². The van der Waals surface area contributed by atoms with Crippen LogP contribution >= 0.6 is 0 Å². The minimum Gasteiger partial charge on any atom is -0.453 e. The average Bonchev–Trinajstić information content (AvgIpc) is 4.04. The molecule has 3 aromatic heterocycles. The van der Waals surface area contributed by atoms with Gasteiger partial charge in [0.2, 0.25) is 0 Å². The van der Waals surface area contributed by atoms with Gasteiger partial charge in [-0.1, -0.05) is 158 Å². The Kier molecular flexibility index (Phi) is 9.42. The number of amidine groups is 1. The number of para-hydroxylation sites is 5. The van der Waals surface area contributed by atoms with Crippen molar-refractivity contribution in [1.82, 2.24) is 9.13 Å². The summed E-state index contributed by atoms with van der Waals surface area (Å²) >= 11 is 0. The number of aromatic nitrogens is 2. The Morgan fingerprint density at radius 3 is 1.74 bits per heavy atom. The number of hydrogen-bond acceptors (Lipinski definition) is 2. The highest BCUT2D eigenvalue weighted by Gasteiger charge is 2.25. The van der Waals surface area contributed by atoms with Gasteiger partial charge in [-0.25, -0.2) is 4.99 Å². The van der Waals surface area contributed by atoms with Crippen LogP contribution in [0.1, 0.15) is 36.6 Å². The van der Waals surface area contributed by atoms with E-state index in [-0.39, 0.29) is 6.04 Å². The molecule has 0 amide bonds. The van der Waals surface area contributed by atoms with Crippen molar-refractivity contribution in [2.24, 2.45) is 9.98 Å². The number of allylic oxidation sites excluding steroid dienone is 1. The molecule has 9 aromatic carbocycles. The molecule has 5 heteroatoms. The van der Waals surface area contributed by atoms with Crippen LogP contribution in [0, 0.1) is 0 Å². The lowest BCUT2D eigenvalue weighted by atomic mass is 9.96. The maximum atomic E-state index is 7.44. The minimum absolute atomic E-state index is 0.197. The first-order valence-corrected chi connectivity index (χ1v) is 22.5. The predicted octanol–water partition coefficient (Wildman–Crippen LogP) is 16.0. The molecule has 0 fully saturated rings. The van der Waals surface area contributed by atoms with E-state index in [9.17, 15) is 0 Å². The molecule has 1 atom stereocenters. The summed E-state index contributed by atoms with van der Waals surface area (Å²) in [6.45, 7) is 8.57. The molecule has 0 aliphatic heterocycles. The van der Waals surface area contributed by atoms with Crippen molar-refractivity contribution in [3.8, 4) is 22.5 Å². The maximum absolute atomic E-state index is 7.44. The Labute approximate surface area is 382 Å². The fraction of sp³-hybridized carbons (Fsp3) is 0.0492. The molecular weight excluding hydrogens is 805 g/mol. The smallest absolute Gasteiger partial charge is 0.159 e. The number of aliphatic imine (C=N–C) groups is 2. The third-order valence-electron chi connectivity index (χ3n) is 13.0. The zero-order chi connectivity index (χ0) is 44.3. The van der Waals surface area contributed by atoms with Crippen molar-refractivity contribution in [1.29, 1.82) is 0 Å². The number of benzene rings is 9. The summed E-state index contributed by atoms with van der Waals surface area (Å²) < 4.78 is 12.1. The van der Waals surface area contributed by atoms with Gasteiger partial charge in [0, 0.05) is 54.7 Å². The van der Waals surface area contributed by atoms with Crippen molar-refractivity contribution < 1.29 is 4.42 Å². The van der Waals surface area contributed by atoms with Gasteiger partial charge in [-0.15, -0.1) is 0 Å². The van der Waals surface area contributed by atoms with Crippen molar-refractivity contribution >= 4 is 77.1 Å². The van der Waals surface area contributed by atoms with E-state index in [0.717, 1.165) is 94.5 Å². The van der Waals surface area contributed by atoms with E-state index in [2.05, 4.69) is 211 Å². The van der Waals surface area contributed by atoms with Gasteiger partial charge >= 0.3 is 0 Å². The lowest BCUT2D eigenvalue weighted by Gasteiger charge is -2.14. The number of fused-ring (bicyclic) bond motifs is 9. The van der Waals surface area contributed by atoms with E-state index in [1.54, 1.807) is 0 Å². The normalized spacial score (nSPS) is 12.9. The van der Waals surface area contributed by atoms with Crippen molar-refractivity contribution in [3.63, 3.8) is 0 Å². The second kappa shape index (κ2) is 15.9. The van der Waals surface area contributed by atoms with Crippen LogP contribution in [0.2, 0.25) is 0 Å². The number of hydrogen-bond donors (Lipinski definition) is 0. The van der Waals surface area contributed by atoms with Gasteiger partial charge in [-0.05, 0) is 91.2 Å². The zero-order valence-electron chi connectivity index (χ0n) is 36.7. The van der Waals surface area contributed by atoms with Crippen LogP contribution in [-0.2, 0) is 0 Å². The van der Waals surface area contributed by atoms with Gasteiger partial charge in [-0.2, -0.15) is 0 Å². The van der Waals surface area contributed by atoms with Crippen LogP contribution < -0.4 is 0 Å². The van der Waals surface area contributed by atoms with Crippen LogP contribution in [0.15, 0.2) is 239 Å². The van der Waals surface area contributed by atoms with E-state index in [1.165, 1.54) is 21.5 Å². The summed E-state index contributed by atoms with van der Waals surface area (Å²) in [6, 6.07) is 74.7. The first-order valence-electron chi connectivity index (χ1n) is 22.5. The van der Waals surface area contributed by atoms with E-state index < -0.39 is 0 Å². The highest BCUT2D eigenvalue weighted by Crippen LogP contribution is 2.44. The summed E-state index contributed by atoms with van der Waals surface area (Å²) in [5, 5.41) is 6.68. The Balaban J connectivity index is 1.17. The average molecular weight is 849 g/mol. The van der Waals surface area contributed by atoms with E-state index >= 15 is 0 Å². The molecule has 12 rings (SSSR count). The molecule has 0 saturated carbocycles. The second-order valence-electron chi connectivity index (χ2n) is 17.1. The maximum Gasteiger partial charge on any atom is 0.159 e. The third-order valence-corrected chi connectivity index (χ3v) is 13.0. The van der Waals surface area contributed by atoms with Gasteiger partial charge in [0.1, 0.15) is 5.58 Å². The molecule has 0 aliphatic rings. The molecule has 66 heavy (non-hydrogen) atoms. The molecule has 0 aliphatic carbocycles. The first kappa shape index (κ1) is 39.1. The summed E-state index contributed by atoms with van der Waals surface area (Å²) in [7, 11) is 0. The van der Waals surface area contributed by atoms with Gasteiger partial charge in [0.05, 0.1) is 39.5 Å². The SMILES string of the molecule is C=C(C)/C(=N\C(=N/[C@H](C)c1ccccc1)c1ccc(-c2ccc3c(c2)c2ccccc2n3-c2ccccc2)c2oc3c(-n4c5ccccc5c5ccccc54)cccc3c12)c1ccccc1. The van der Waals surface area contributed by atoms with Crippen molar-refractivity contribution in [2.45, 2.75) is 19.9 Å². The lowest BCUT2D eigenvalue weighted by molar-refractivity contribution is 0.667. The monoisotopic (exact) mass is 848 g/mol. The van der Waals surface area contributed by atoms with E-state index in [4.69, 9.17) is 14.4 Å². The molecule has 0 spiro atoms. The summed E-state index contributed by atoms with van der Waals surface area (Å²) in [6.07, 6.45) is 0. The molecule has 0 radical (unpaired) electrons. The van der Waals surface area contributed by atoms with Crippen molar-refractivity contribution in [3.05, 3.63) is 241 Å². The predicted molar refractivity (Wildman–Crippen MR) is 277 cm³/mol. The molecular formula is C61H44N4O. The van der Waals surface area contributed by atoms with Crippen LogP contribution in [-0.4, -0.2) is 20.7 Å². The molecule has 12 aromatic rings. The minimum atomic E-state index is -0.197. The van der Waals surface area contributed by atoms with Crippen LogP contribution in [0.25, 0.3) is 88.1 Å². The molecule has 0 bridgehead atoms. The molecule has 0 saturated heterocycles. The standard InChI is InChI=1S/C61H44N4O/c1-39(2)58(42-22-9-5-10-23-42)63-61(62-40(3)41-20-7-4-8-21-41)50-36-35-45(43-34-37-55-51(38-43)48-28-15-16-30-52(48)64(55)44-24-11-6-12-25-44)60-57(50)49-29-19-33-56(59(49)66-60)65-53-31-17-13-26-46(53)47-27-14-18-32-54(47)65/h4-38,40H,1H2,2-3H3/b62-61-,63-58+/t40-/m1/s1. The van der Waals surface area contributed by atoms with E-state index in [0.29, 0.717) is 5.84 Å². The third kappa shape index (κ3) is 6.39. The fourth-order valence-electron chi connectivity index (χ4n) is 9.91. The topological polar surface area (TPSA) is 47.7 Å². The Hall–Kier alpha value is -8.54. The summed E-state index contributed by atoms with van der Waals surface area (Å²) in [5.41, 5.74) is 14.8.